The van der Waals surface area contributed by atoms with Gasteiger partial charge in [0.15, 0.2) is 0 Å². The zero-order valence-corrected chi connectivity index (χ0v) is 15.9. The topological polar surface area (TPSA) is 59.2 Å². The van der Waals surface area contributed by atoms with Crippen molar-refractivity contribution in [3.05, 3.63) is 70.6 Å². The van der Waals surface area contributed by atoms with Crippen LogP contribution >= 0.6 is 0 Å². The van der Waals surface area contributed by atoms with Crippen LogP contribution in [0.1, 0.15) is 47.0 Å². The number of amides is 1. The maximum Gasteiger partial charge on any atom is 0.249 e. The molecule has 0 N–H and O–H groups in total. The smallest absolute Gasteiger partial charge is 0.249 e. The second-order valence-corrected chi connectivity index (χ2v) is 7.34. The third-order valence-electron chi connectivity index (χ3n) is 5.11. The lowest BCUT2D eigenvalue weighted by Crippen LogP contribution is -2.27. The minimum Gasteiger partial charge on any atom is -0.337 e. The van der Waals surface area contributed by atoms with Gasteiger partial charge in [-0.3, -0.25) is 4.79 Å². The molecule has 3 aromatic rings. The van der Waals surface area contributed by atoms with E-state index in [9.17, 15) is 4.79 Å². The maximum absolute atomic E-state index is 12.5. The van der Waals surface area contributed by atoms with Crippen LogP contribution in [-0.4, -0.2) is 20.9 Å². The number of aryl methyl sites for hydroxylation is 3. The van der Waals surface area contributed by atoms with E-state index in [1.54, 1.807) is 0 Å². The fourth-order valence-electron chi connectivity index (χ4n) is 3.74. The first kappa shape index (κ1) is 17.5. The lowest BCUT2D eigenvalue weighted by atomic mass is 10.1. The van der Waals surface area contributed by atoms with Gasteiger partial charge in [0.2, 0.25) is 17.6 Å². The molecule has 5 heteroatoms. The molecule has 2 heterocycles. The van der Waals surface area contributed by atoms with Gasteiger partial charge in [-0.25, -0.2) is 0 Å². The van der Waals surface area contributed by atoms with E-state index in [1.807, 2.05) is 36.1 Å². The number of carbonyl (C=O) groups excluding carboxylic acids is 1. The average Bonchev–Trinajstić information content (AvgIpc) is 3.23. The molecular weight excluding hydrogens is 338 g/mol. The zero-order valence-electron chi connectivity index (χ0n) is 15.9. The molecule has 0 bridgehead atoms. The number of hydrogen-bond acceptors (Lipinski definition) is 4. The Morgan fingerprint density at radius 2 is 1.93 bits per heavy atom. The molecule has 0 saturated carbocycles. The van der Waals surface area contributed by atoms with Gasteiger partial charge in [0.05, 0.1) is 0 Å². The standard InChI is InChI=1S/C22H23N3O2/c1-14-5-4-6-17(12-14)13-25-19(9-10-20(25)26)22-23-21(24-27-22)18-8-7-15(2)11-16(18)3/h4-8,11-12,19H,9-10,13H2,1-3H3. The number of aromatic nitrogens is 2. The third kappa shape index (κ3) is 3.50. The molecule has 0 radical (unpaired) electrons. The first-order valence-electron chi connectivity index (χ1n) is 9.27. The van der Waals surface area contributed by atoms with Crippen molar-refractivity contribution in [3.63, 3.8) is 0 Å². The highest BCUT2D eigenvalue weighted by Crippen LogP contribution is 2.34. The van der Waals surface area contributed by atoms with Crippen LogP contribution in [0.4, 0.5) is 0 Å². The van der Waals surface area contributed by atoms with Crippen molar-refractivity contribution in [2.24, 2.45) is 0 Å². The van der Waals surface area contributed by atoms with Gasteiger partial charge in [-0.05, 0) is 38.3 Å². The molecule has 1 unspecified atom stereocenters. The maximum atomic E-state index is 12.5. The predicted octanol–water partition coefficient (Wildman–Crippen LogP) is 4.53. The number of likely N-dealkylation sites (tertiary alicyclic amines) is 1. The van der Waals surface area contributed by atoms with Crippen LogP contribution in [0.5, 0.6) is 0 Å². The Hall–Kier alpha value is -2.95. The highest BCUT2D eigenvalue weighted by Gasteiger charge is 2.36. The van der Waals surface area contributed by atoms with Gasteiger partial charge in [-0.1, -0.05) is 58.7 Å². The average molecular weight is 361 g/mol. The second-order valence-electron chi connectivity index (χ2n) is 7.34. The van der Waals surface area contributed by atoms with Crippen LogP contribution in [-0.2, 0) is 11.3 Å². The van der Waals surface area contributed by atoms with Gasteiger partial charge in [0, 0.05) is 18.5 Å². The Balaban J connectivity index is 1.60. The van der Waals surface area contributed by atoms with Gasteiger partial charge in [0.1, 0.15) is 6.04 Å². The molecule has 27 heavy (non-hydrogen) atoms. The summed E-state index contributed by atoms with van der Waals surface area (Å²) in [4.78, 5) is 18.9. The summed E-state index contributed by atoms with van der Waals surface area (Å²) in [5, 5.41) is 4.18. The van der Waals surface area contributed by atoms with Crippen molar-refractivity contribution >= 4 is 5.91 Å². The van der Waals surface area contributed by atoms with Crippen LogP contribution in [0.25, 0.3) is 11.4 Å². The van der Waals surface area contributed by atoms with Crippen molar-refractivity contribution in [1.29, 1.82) is 0 Å². The molecule has 1 aliphatic rings. The first-order valence-corrected chi connectivity index (χ1v) is 9.27. The highest BCUT2D eigenvalue weighted by atomic mass is 16.5. The molecule has 138 valence electrons. The van der Waals surface area contributed by atoms with Gasteiger partial charge in [-0.2, -0.15) is 4.98 Å². The van der Waals surface area contributed by atoms with E-state index in [4.69, 9.17) is 4.52 Å². The summed E-state index contributed by atoms with van der Waals surface area (Å²) in [5.74, 6) is 1.23. The number of nitrogens with zero attached hydrogens (tertiary/aromatic N) is 3. The van der Waals surface area contributed by atoms with Gasteiger partial charge >= 0.3 is 0 Å². The quantitative estimate of drug-likeness (QED) is 0.685. The van der Waals surface area contributed by atoms with Crippen molar-refractivity contribution in [1.82, 2.24) is 15.0 Å². The lowest BCUT2D eigenvalue weighted by molar-refractivity contribution is -0.129. The Morgan fingerprint density at radius 1 is 1.11 bits per heavy atom. The lowest BCUT2D eigenvalue weighted by Gasteiger charge is -2.22. The first-order chi connectivity index (χ1) is 13.0. The van der Waals surface area contributed by atoms with Crippen LogP contribution in [0.3, 0.4) is 0 Å². The molecule has 1 aromatic heterocycles. The van der Waals surface area contributed by atoms with E-state index < -0.39 is 0 Å². The summed E-state index contributed by atoms with van der Waals surface area (Å²) < 4.78 is 5.57. The molecule has 4 rings (SSSR count). The van der Waals surface area contributed by atoms with E-state index in [0.717, 1.165) is 16.7 Å². The molecule has 5 nitrogen and oxygen atoms in total. The van der Waals surface area contributed by atoms with Crippen LogP contribution in [0, 0.1) is 20.8 Å². The van der Waals surface area contributed by atoms with Crippen molar-refractivity contribution < 1.29 is 9.32 Å². The van der Waals surface area contributed by atoms with E-state index in [1.165, 1.54) is 11.1 Å². The van der Waals surface area contributed by atoms with Gasteiger partial charge < -0.3 is 9.42 Å². The zero-order chi connectivity index (χ0) is 19.0. The molecule has 0 spiro atoms. The molecule has 0 aliphatic carbocycles. The fourth-order valence-corrected chi connectivity index (χ4v) is 3.74. The summed E-state index contributed by atoms with van der Waals surface area (Å²) in [7, 11) is 0. The largest absolute Gasteiger partial charge is 0.337 e. The molecular formula is C22H23N3O2. The Morgan fingerprint density at radius 3 is 2.70 bits per heavy atom. The minimum absolute atomic E-state index is 0.132. The Bertz CT molecular complexity index is 993. The summed E-state index contributed by atoms with van der Waals surface area (Å²) in [5.41, 5.74) is 5.58. The Labute approximate surface area is 159 Å². The number of hydrogen-bond donors (Lipinski definition) is 0. The van der Waals surface area contributed by atoms with Crippen molar-refractivity contribution in [2.75, 3.05) is 0 Å². The summed E-state index contributed by atoms with van der Waals surface area (Å²) >= 11 is 0. The molecule has 1 saturated heterocycles. The number of benzene rings is 2. The fraction of sp³-hybridized carbons (Fsp3) is 0.318. The van der Waals surface area contributed by atoms with E-state index in [0.29, 0.717) is 31.1 Å². The number of carbonyl (C=O) groups is 1. The van der Waals surface area contributed by atoms with E-state index >= 15 is 0 Å². The summed E-state index contributed by atoms with van der Waals surface area (Å²) in [6.07, 6.45) is 1.22. The third-order valence-corrected chi connectivity index (χ3v) is 5.11. The molecule has 1 atom stereocenters. The predicted molar refractivity (Wildman–Crippen MR) is 103 cm³/mol. The molecule has 2 aromatic carbocycles. The number of rotatable bonds is 4. The minimum atomic E-state index is -0.162. The second kappa shape index (κ2) is 6.99. The van der Waals surface area contributed by atoms with Crippen LogP contribution < -0.4 is 0 Å². The van der Waals surface area contributed by atoms with E-state index in [2.05, 4.69) is 42.2 Å². The summed E-state index contributed by atoms with van der Waals surface area (Å²) in [6, 6.07) is 14.2. The highest BCUT2D eigenvalue weighted by molar-refractivity contribution is 5.79. The van der Waals surface area contributed by atoms with Crippen LogP contribution in [0.15, 0.2) is 47.0 Å². The summed E-state index contributed by atoms with van der Waals surface area (Å²) in [6.45, 7) is 6.72. The Kier molecular flexibility index (Phi) is 4.52. The van der Waals surface area contributed by atoms with Gasteiger partial charge in [-0.15, -0.1) is 0 Å². The van der Waals surface area contributed by atoms with Crippen molar-refractivity contribution in [3.8, 4) is 11.4 Å². The van der Waals surface area contributed by atoms with Crippen molar-refractivity contribution in [2.45, 2.75) is 46.2 Å². The molecule has 1 fully saturated rings. The van der Waals surface area contributed by atoms with Gasteiger partial charge in [0.25, 0.3) is 0 Å². The van der Waals surface area contributed by atoms with Crippen LogP contribution in [0.2, 0.25) is 0 Å². The molecule has 1 aliphatic heterocycles. The normalized spacial score (nSPS) is 16.9. The molecule has 1 amide bonds. The monoisotopic (exact) mass is 361 g/mol. The van der Waals surface area contributed by atoms with E-state index in [-0.39, 0.29) is 11.9 Å². The SMILES string of the molecule is Cc1cccc(CN2C(=O)CCC2c2nc(-c3ccc(C)cc3C)no2)c1.